The maximum atomic E-state index is 12.8. The van der Waals surface area contributed by atoms with Gasteiger partial charge in [0.25, 0.3) is 0 Å². The molecular weight excluding hydrogens is 983 g/mol. The summed E-state index contributed by atoms with van der Waals surface area (Å²) in [6, 6.07) is 0. The Morgan fingerprint density at radius 2 is 0.562 bits per heavy atom. The zero-order chi connectivity index (χ0) is 54.1. The molecule has 0 rings (SSSR count). The number of phosphoric ester groups is 2. The Kier molecular flexibility index (Phi) is 48.3. The highest BCUT2D eigenvalue weighted by atomic mass is 31.2. The van der Waals surface area contributed by atoms with Crippen molar-refractivity contribution in [1.29, 1.82) is 0 Å². The largest absolute Gasteiger partial charge is 0.472 e. The highest BCUT2D eigenvalue weighted by molar-refractivity contribution is 7.47. The van der Waals surface area contributed by atoms with E-state index in [1.54, 1.807) is 0 Å². The lowest BCUT2D eigenvalue weighted by Crippen LogP contribution is -2.30. The van der Waals surface area contributed by atoms with Crippen molar-refractivity contribution in [2.24, 2.45) is 0 Å². The van der Waals surface area contributed by atoms with Gasteiger partial charge in [-0.1, -0.05) is 214 Å². The number of rotatable bonds is 55. The highest BCUT2D eigenvalue weighted by Gasteiger charge is 2.30. The summed E-state index contributed by atoms with van der Waals surface area (Å²) >= 11 is 0. The average Bonchev–Trinajstić information content (AvgIpc) is 3.36. The maximum absolute atomic E-state index is 12.8. The summed E-state index contributed by atoms with van der Waals surface area (Å²) in [7, 11) is -9.84. The number of unbranched alkanes of at least 4 members (excludes halogenated alkanes) is 29. The Balaban J connectivity index is 4.99. The number of hydrogen-bond acceptors (Lipinski definition) is 15. The molecular formula is C54H104O17P2. The molecule has 73 heavy (non-hydrogen) atoms. The van der Waals surface area contributed by atoms with E-state index in [1.807, 2.05) is 6.92 Å². The van der Waals surface area contributed by atoms with Crippen LogP contribution in [0.25, 0.3) is 0 Å². The lowest BCUT2D eigenvalue weighted by atomic mass is 10.0. The highest BCUT2D eigenvalue weighted by Crippen LogP contribution is 2.45. The van der Waals surface area contributed by atoms with E-state index in [2.05, 4.69) is 20.8 Å². The summed E-state index contributed by atoms with van der Waals surface area (Å²) in [5.74, 6) is -2.19. The van der Waals surface area contributed by atoms with Gasteiger partial charge in [-0.25, -0.2) is 9.13 Å². The Morgan fingerprint density at radius 3 is 0.849 bits per heavy atom. The Hall–Kier alpha value is -1.94. The average molecular weight is 1090 g/mol. The van der Waals surface area contributed by atoms with Gasteiger partial charge >= 0.3 is 39.5 Å². The normalized spacial score (nSPS) is 14.5. The molecule has 0 saturated carbocycles. The first-order valence-corrected chi connectivity index (χ1v) is 31.8. The number of aliphatic hydroxyl groups excluding tert-OH is 1. The van der Waals surface area contributed by atoms with Gasteiger partial charge in [0.05, 0.1) is 26.4 Å². The number of hydrogen-bond donors (Lipinski definition) is 3. The predicted molar refractivity (Wildman–Crippen MR) is 285 cm³/mol. The fourth-order valence-electron chi connectivity index (χ4n) is 7.84. The van der Waals surface area contributed by atoms with Crippen molar-refractivity contribution in [3.8, 4) is 0 Å². The van der Waals surface area contributed by atoms with E-state index in [-0.39, 0.29) is 25.7 Å². The molecule has 0 aliphatic carbocycles. The molecule has 0 fully saturated rings. The Bertz CT molecular complexity index is 1440. The minimum Gasteiger partial charge on any atom is -0.462 e. The molecule has 0 aliphatic rings. The number of esters is 4. The van der Waals surface area contributed by atoms with Crippen LogP contribution < -0.4 is 0 Å². The molecule has 0 aliphatic heterocycles. The number of carbonyl (C=O) groups is 4. The van der Waals surface area contributed by atoms with Crippen LogP contribution in [0.15, 0.2) is 0 Å². The minimum absolute atomic E-state index is 0.0792. The molecule has 0 aromatic heterocycles. The van der Waals surface area contributed by atoms with Crippen LogP contribution in [0, 0.1) is 0 Å². The summed E-state index contributed by atoms with van der Waals surface area (Å²) in [4.78, 5) is 71.0. The van der Waals surface area contributed by atoms with Gasteiger partial charge in [-0.15, -0.1) is 0 Å². The first-order valence-electron chi connectivity index (χ1n) is 28.8. The zero-order valence-corrected chi connectivity index (χ0v) is 47.9. The van der Waals surface area contributed by atoms with Crippen molar-refractivity contribution >= 4 is 39.5 Å². The summed E-state index contributed by atoms with van der Waals surface area (Å²) < 4.78 is 66.9. The monoisotopic (exact) mass is 1090 g/mol. The molecule has 432 valence electrons. The number of ether oxygens (including phenoxy) is 4. The van der Waals surface area contributed by atoms with Crippen molar-refractivity contribution in [3.05, 3.63) is 0 Å². The Morgan fingerprint density at radius 1 is 0.329 bits per heavy atom. The third-order valence-corrected chi connectivity index (χ3v) is 14.3. The molecule has 3 N–H and O–H groups in total. The van der Waals surface area contributed by atoms with Crippen LogP contribution in [0.5, 0.6) is 0 Å². The van der Waals surface area contributed by atoms with Crippen molar-refractivity contribution in [1.82, 2.24) is 0 Å². The molecule has 0 heterocycles. The molecule has 0 radical (unpaired) electrons. The smallest absolute Gasteiger partial charge is 0.462 e. The molecule has 5 atom stereocenters. The molecule has 0 bridgehead atoms. The second-order valence-electron chi connectivity index (χ2n) is 19.6. The standard InChI is InChI=1S/C54H104O17P2/c1-5-9-13-16-19-22-24-26-28-31-33-36-39-51(56)64-44-49(70-53(58)38-12-8-4)46-68-72(60,61)66-42-48(55)43-67-73(62,63)69-47-50(71-54(59)41-37-34-29-21-18-15-11-7-3)45-65-52(57)40-35-32-30-27-25-23-20-17-14-10-6-2/h48-50,55H,5-47H2,1-4H3,(H,60,61)(H,62,63)/t48-,49+,50+/m0/s1. The maximum Gasteiger partial charge on any atom is 0.472 e. The second-order valence-corrected chi connectivity index (χ2v) is 22.5. The molecule has 0 spiro atoms. The van der Waals surface area contributed by atoms with Crippen LogP contribution in [-0.4, -0.2) is 96.7 Å². The lowest BCUT2D eigenvalue weighted by molar-refractivity contribution is -0.161. The third-order valence-electron chi connectivity index (χ3n) is 12.4. The first-order chi connectivity index (χ1) is 35.2. The van der Waals surface area contributed by atoms with Crippen LogP contribution >= 0.6 is 15.6 Å². The SMILES string of the molecule is CCCCCCCCCCCCCCC(=O)OC[C@H](COP(=O)(O)OC[C@H](O)COP(=O)(O)OC[C@@H](COC(=O)CCCCCCCCCCCCC)OC(=O)CCCCCCCCCC)OC(=O)CCCC. The summed E-state index contributed by atoms with van der Waals surface area (Å²) in [5.41, 5.74) is 0. The minimum atomic E-state index is -4.92. The van der Waals surface area contributed by atoms with Gasteiger partial charge < -0.3 is 33.8 Å². The van der Waals surface area contributed by atoms with E-state index < -0.39 is 97.5 Å². The topological polar surface area (TPSA) is 237 Å². The number of aliphatic hydroxyl groups is 1. The van der Waals surface area contributed by atoms with Gasteiger partial charge in [0.2, 0.25) is 0 Å². The van der Waals surface area contributed by atoms with Gasteiger partial charge in [0.15, 0.2) is 12.2 Å². The molecule has 0 aromatic carbocycles. The molecule has 0 amide bonds. The van der Waals surface area contributed by atoms with E-state index >= 15 is 0 Å². The fourth-order valence-corrected chi connectivity index (χ4v) is 9.42. The van der Waals surface area contributed by atoms with Gasteiger partial charge in [0.1, 0.15) is 19.3 Å². The van der Waals surface area contributed by atoms with E-state index in [9.17, 15) is 43.2 Å². The quantitative estimate of drug-likeness (QED) is 0.0222. The first kappa shape index (κ1) is 71.1. The molecule has 0 aromatic rings. The van der Waals surface area contributed by atoms with Crippen LogP contribution in [0.2, 0.25) is 0 Å². The van der Waals surface area contributed by atoms with Crippen molar-refractivity contribution < 1.29 is 80.2 Å². The number of phosphoric acid groups is 2. The lowest BCUT2D eigenvalue weighted by Gasteiger charge is -2.21. The van der Waals surface area contributed by atoms with Crippen LogP contribution in [0.4, 0.5) is 0 Å². The van der Waals surface area contributed by atoms with Crippen molar-refractivity contribution in [2.75, 3.05) is 39.6 Å². The van der Waals surface area contributed by atoms with Gasteiger partial charge in [-0.2, -0.15) is 0 Å². The molecule has 0 saturated heterocycles. The molecule has 2 unspecified atom stereocenters. The van der Waals surface area contributed by atoms with E-state index in [1.165, 1.54) is 109 Å². The fraction of sp³-hybridized carbons (Fsp3) is 0.926. The third kappa shape index (κ3) is 49.4. The Labute approximate surface area is 441 Å². The summed E-state index contributed by atoms with van der Waals surface area (Å²) in [5, 5.41) is 10.4. The van der Waals surface area contributed by atoms with E-state index in [0.717, 1.165) is 77.0 Å². The van der Waals surface area contributed by atoms with Crippen molar-refractivity contribution in [3.63, 3.8) is 0 Å². The van der Waals surface area contributed by atoms with Gasteiger partial charge in [-0.3, -0.25) is 37.3 Å². The number of carbonyl (C=O) groups excluding carboxylic acids is 4. The predicted octanol–water partition coefficient (Wildman–Crippen LogP) is 14.0. The zero-order valence-electron chi connectivity index (χ0n) is 46.1. The van der Waals surface area contributed by atoms with Crippen molar-refractivity contribution in [2.45, 2.75) is 284 Å². The van der Waals surface area contributed by atoms with E-state index in [0.29, 0.717) is 25.7 Å². The van der Waals surface area contributed by atoms with E-state index in [4.69, 9.17) is 37.0 Å². The molecule has 19 heteroatoms. The molecule has 17 nitrogen and oxygen atoms in total. The van der Waals surface area contributed by atoms with Gasteiger partial charge in [0, 0.05) is 25.7 Å². The van der Waals surface area contributed by atoms with Crippen LogP contribution in [-0.2, 0) is 65.4 Å². The van der Waals surface area contributed by atoms with Crippen LogP contribution in [0.3, 0.4) is 0 Å². The summed E-state index contributed by atoms with van der Waals surface area (Å²) in [6.45, 7) is 4.51. The summed E-state index contributed by atoms with van der Waals surface area (Å²) in [6.07, 6.45) is 32.0. The van der Waals surface area contributed by atoms with Crippen LogP contribution in [0.1, 0.15) is 265 Å². The second kappa shape index (κ2) is 49.6. The van der Waals surface area contributed by atoms with Gasteiger partial charge in [-0.05, 0) is 25.7 Å².